The van der Waals surface area contributed by atoms with Crippen molar-refractivity contribution in [3.05, 3.63) is 81.0 Å². The van der Waals surface area contributed by atoms with Crippen molar-refractivity contribution < 1.29 is 9.90 Å². The molecule has 0 radical (unpaired) electrons. The van der Waals surface area contributed by atoms with Crippen LogP contribution in [-0.2, 0) is 7.05 Å². The van der Waals surface area contributed by atoms with Gasteiger partial charge in [-0.05, 0) is 49.7 Å². The fourth-order valence-corrected chi connectivity index (χ4v) is 5.00. The Bertz CT molecular complexity index is 1570. The summed E-state index contributed by atoms with van der Waals surface area (Å²) in [6.07, 6.45) is 1.79. The Kier molecular flexibility index (Phi) is 6.90. The normalized spacial score (nSPS) is 14.5. The third-order valence-corrected chi connectivity index (χ3v) is 6.98. The number of rotatable bonds is 6. The molecule has 11 heteroatoms. The van der Waals surface area contributed by atoms with Crippen molar-refractivity contribution in [3.8, 4) is 0 Å². The van der Waals surface area contributed by atoms with Gasteiger partial charge in [-0.15, -0.1) is 0 Å². The molecule has 1 aliphatic heterocycles. The number of nitrogens with one attached hydrogen (secondary N) is 1. The molecule has 1 aliphatic rings. The molecule has 1 atom stereocenters. The van der Waals surface area contributed by atoms with E-state index >= 15 is 0 Å². The second-order valence-electron chi connectivity index (χ2n) is 9.39. The third-order valence-electron chi connectivity index (χ3n) is 6.77. The van der Waals surface area contributed by atoms with Gasteiger partial charge in [0.25, 0.3) is 5.56 Å². The van der Waals surface area contributed by atoms with Crippen LogP contribution < -0.4 is 20.7 Å². The second kappa shape index (κ2) is 10.3. The van der Waals surface area contributed by atoms with Gasteiger partial charge < -0.3 is 20.2 Å². The van der Waals surface area contributed by atoms with Gasteiger partial charge in [0.1, 0.15) is 11.0 Å². The number of hydrogen-bond acceptors (Lipinski definition) is 8. The predicted molar refractivity (Wildman–Crippen MR) is 149 cm³/mol. The number of anilines is 3. The first-order valence-corrected chi connectivity index (χ1v) is 12.7. The molecule has 1 unspecified atom stereocenters. The smallest absolute Gasteiger partial charge is 0.356 e. The Labute approximate surface area is 224 Å². The fraction of sp³-hybridized carbons (Fsp3) is 0.296. The zero-order chi connectivity index (χ0) is 27.0. The van der Waals surface area contributed by atoms with Crippen molar-refractivity contribution in [1.82, 2.24) is 19.5 Å². The van der Waals surface area contributed by atoms with Crippen LogP contribution in [0, 0.1) is 6.92 Å². The van der Waals surface area contributed by atoms with Gasteiger partial charge in [-0.1, -0.05) is 23.7 Å². The Morgan fingerprint density at radius 1 is 1.08 bits per heavy atom. The van der Waals surface area contributed by atoms with Crippen LogP contribution >= 0.6 is 11.6 Å². The largest absolute Gasteiger partial charge is 0.476 e. The van der Waals surface area contributed by atoms with Crippen molar-refractivity contribution in [2.45, 2.75) is 19.9 Å². The monoisotopic (exact) mass is 533 g/mol. The van der Waals surface area contributed by atoms with Gasteiger partial charge in [0.05, 0.1) is 22.6 Å². The Morgan fingerprint density at radius 2 is 1.82 bits per heavy atom. The maximum atomic E-state index is 13.5. The number of hydrogen-bond donors (Lipinski definition) is 2. The first-order valence-electron chi connectivity index (χ1n) is 12.3. The summed E-state index contributed by atoms with van der Waals surface area (Å²) < 4.78 is 1.60. The molecule has 5 rings (SSSR count). The molecule has 0 amide bonds. The lowest BCUT2D eigenvalue weighted by Gasteiger charge is -2.36. The molecule has 196 valence electrons. The topological polar surface area (TPSA) is 116 Å². The van der Waals surface area contributed by atoms with Gasteiger partial charge in [-0.3, -0.25) is 9.36 Å². The maximum absolute atomic E-state index is 13.5. The number of aromatic carboxylic acids is 1. The molecule has 38 heavy (non-hydrogen) atoms. The molecule has 10 nitrogen and oxygen atoms in total. The highest BCUT2D eigenvalue weighted by Crippen LogP contribution is 2.29. The number of carboxylic acids is 1. The van der Waals surface area contributed by atoms with Crippen LogP contribution in [0.25, 0.3) is 10.9 Å². The van der Waals surface area contributed by atoms with Crippen LogP contribution in [0.1, 0.15) is 34.6 Å². The summed E-state index contributed by atoms with van der Waals surface area (Å²) in [6.45, 7) is 6.72. The highest BCUT2D eigenvalue weighted by Gasteiger charge is 2.24. The summed E-state index contributed by atoms with van der Waals surface area (Å²) in [5, 5.41) is 13.4. The van der Waals surface area contributed by atoms with Crippen molar-refractivity contribution in [3.63, 3.8) is 0 Å². The second-order valence-corrected chi connectivity index (χ2v) is 9.78. The van der Waals surface area contributed by atoms with E-state index in [4.69, 9.17) is 16.6 Å². The van der Waals surface area contributed by atoms with Crippen molar-refractivity contribution in [2.24, 2.45) is 7.05 Å². The molecular weight excluding hydrogens is 506 g/mol. The molecule has 1 saturated heterocycles. The van der Waals surface area contributed by atoms with E-state index in [-0.39, 0.29) is 22.4 Å². The highest BCUT2D eigenvalue weighted by atomic mass is 35.5. The van der Waals surface area contributed by atoms with Gasteiger partial charge in [0.15, 0.2) is 5.69 Å². The molecule has 1 fully saturated rings. The number of carbonyl (C=O) groups is 1. The van der Waals surface area contributed by atoms with E-state index < -0.39 is 5.97 Å². The van der Waals surface area contributed by atoms with E-state index in [1.54, 1.807) is 23.9 Å². The minimum atomic E-state index is -1.18. The average Bonchev–Trinajstić information content (AvgIpc) is 2.92. The molecular formula is C27H28ClN7O3. The van der Waals surface area contributed by atoms with Gasteiger partial charge in [-0.2, -0.15) is 0 Å². The summed E-state index contributed by atoms with van der Waals surface area (Å²) in [7, 11) is 1.75. The molecule has 2 N–H and O–H groups in total. The molecule has 4 aromatic rings. The summed E-state index contributed by atoms with van der Waals surface area (Å²) in [5.74, 6) is 0.345. The van der Waals surface area contributed by atoms with Gasteiger partial charge in [-0.25, -0.2) is 19.7 Å². The van der Waals surface area contributed by atoms with Crippen LogP contribution in [0.2, 0.25) is 5.15 Å². The van der Waals surface area contributed by atoms with E-state index in [1.165, 1.54) is 6.07 Å². The zero-order valence-electron chi connectivity index (χ0n) is 21.3. The number of aromatic nitrogens is 4. The quantitative estimate of drug-likeness (QED) is 0.356. The summed E-state index contributed by atoms with van der Waals surface area (Å²) in [4.78, 5) is 43.0. The lowest BCUT2D eigenvalue weighted by molar-refractivity contribution is 0.0691. The van der Waals surface area contributed by atoms with Crippen molar-refractivity contribution in [1.29, 1.82) is 0 Å². The van der Waals surface area contributed by atoms with Crippen LogP contribution in [-0.4, -0.2) is 56.8 Å². The number of pyridine rings is 2. The minimum absolute atomic E-state index is 0.0968. The van der Waals surface area contributed by atoms with E-state index in [0.29, 0.717) is 35.6 Å². The van der Waals surface area contributed by atoms with Crippen molar-refractivity contribution >= 4 is 45.9 Å². The highest BCUT2D eigenvalue weighted by molar-refractivity contribution is 6.29. The third kappa shape index (κ3) is 4.87. The molecule has 0 aliphatic carbocycles. The first kappa shape index (κ1) is 25.5. The number of carboxylic acid groups (broad SMARTS) is 1. The number of aryl methyl sites for hydroxylation is 1. The Hall–Kier alpha value is -4.18. The Morgan fingerprint density at radius 3 is 2.50 bits per heavy atom. The van der Waals surface area contributed by atoms with Crippen LogP contribution in [0.5, 0.6) is 0 Å². The van der Waals surface area contributed by atoms with Crippen LogP contribution in [0.4, 0.5) is 17.5 Å². The van der Waals surface area contributed by atoms with Gasteiger partial charge in [0, 0.05) is 45.0 Å². The van der Waals surface area contributed by atoms with Crippen molar-refractivity contribution in [2.75, 3.05) is 41.3 Å². The number of halogens is 1. The molecule has 4 heterocycles. The van der Waals surface area contributed by atoms with Crippen LogP contribution in [0.15, 0.2) is 53.5 Å². The first-order chi connectivity index (χ1) is 18.2. The van der Waals surface area contributed by atoms with Crippen LogP contribution in [0.3, 0.4) is 0 Å². The number of nitrogens with zero attached hydrogens (tertiary/aromatic N) is 6. The standard InChI is InChI=1S/C27H28ClN7O3/c1-16-14-18(17(2)30-20-7-8-21(28)31-24(20)26(37)38)23-19(15-16)25(36)33(3)27(32-23)35-12-10-34(11-13-35)22-6-4-5-9-29-22/h4-9,14-15,17,30H,10-13H2,1-3H3,(H,37,38). The zero-order valence-corrected chi connectivity index (χ0v) is 22.1. The summed E-state index contributed by atoms with van der Waals surface area (Å²) in [5.41, 5.74) is 2.31. The van der Waals surface area contributed by atoms with E-state index in [0.717, 1.165) is 30.0 Å². The van der Waals surface area contributed by atoms with E-state index in [1.807, 2.05) is 44.2 Å². The summed E-state index contributed by atoms with van der Waals surface area (Å²) >= 11 is 5.92. The lowest BCUT2D eigenvalue weighted by atomic mass is 10.0. The van der Waals surface area contributed by atoms with E-state index in [9.17, 15) is 14.7 Å². The van der Waals surface area contributed by atoms with Gasteiger partial charge in [0.2, 0.25) is 5.95 Å². The van der Waals surface area contributed by atoms with E-state index in [2.05, 4.69) is 25.1 Å². The predicted octanol–water partition coefficient (Wildman–Crippen LogP) is 3.88. The maximum Gasteiger partial charge on any atom is 0.356 e. The SMILES string of the molecule is Cc1cc(C(C)Nc2ccc(Cl)nc2C(=O)O)c2nc(N3CCN(c4ccccn4)CC3)n(C)c(=O)c2c1. The minimum Gasteiger partial charge on any atom is -0.476 e. The fourth-order valence-electron chi connectivity index (χ4n) is 4.86. The molecule has 0 spiro atoms. The van der Waals surface area contributed by atoms with Gasteiger partial charge >= 0.3 is 5.97 Å². The number of benzene rings is 1. The molecule has 0 bridgehead atoms. The average molecular weight is 534 g/mol. The lowest BCUT2D eigenvalue weighted by Crippen LogP contribution is -2.48. The molecule has 3 aromatic heterocycles. The number of fused-ring (bicyclic) bond motifs is 1. The number of piperazine rings is 1. The molecule has 1 aromatic carbocycles. The Balaban J connectivity index is 1.50. The molecule has 0 saturated carbocycles. The summed E-state index contributed by atoms with van der Waals surface area (Å²) in [6, 6.07) is 12.4.